The lowest BCUT2D eigenvalue weighted by Gasteiger charge is -2.14. The van der Waals surface area contributed by atoms with Crippen LogP contribution in [0.5, 0.6) is 11.5 Å². The Labute approximate surface area is 147 Å². The predicted molar refractivity (Wildman–Crippen MR) is 99.4 cm³/mol. The standard InChI is InChI=1S/C19H22N4O2/c1-11(2)22-19-12(3)6-13(9-20-19)15-10-21-23-16-8-18(25-5)17(24-4)7-14(15)16/h6-11H,1-5H3,(H,20,22)/i4-1. The lowest BCUT2D eigenvalue weighted by molar-refractivity contribution is 0.356. The second-order valence-electron chi connectivity index (χ2n) is 6.17. The van der Waals surface area contributed by atoms with Crippen molar-refractivity contribution < 1.29 is 9.47 Å². The third-order valence-electron chi connectivity index (χ3n) is 3.96. The molecule has 0 aliphatic heterocycles. The van der Waals surface area contributed by atoms with Crippen molar-refractivity contribution in [3.05, 3.63) is 36.2 Å². The molecule has 2 heterocycles. The number of hydrogen-bond acceptors (Lipinski definition) is 6. The number of fused-ring (bicyclic) bond motifs is 1. The first-order valence-electron chi connectivity index (χ1n) is 8.14. The molecule has 0 aliphatic carbocycles. The fourth-order valence-electron chi connectivity index (χ4n) is 2.76. The summed E-state index contributed by atoms with van der Waals surface area (Å²) in [4.78, 5) is 4.56. The molecule has 2 aromatic heterocycles. The van der Waals surface area contributed by atoms with E-state index in [1.54, 1.807) is 20.4 Å². The van der Waals surface area contributed by atoms with Gasteiger partial charge in [0.25, 0.3) is 0 Å². The summed E-state index contributed by atoms with van der Waals surface area (Å²) in [5.74, 6) is 2.18. The van der Waals surface area contributed by atoms with Crippen LogP contribution in [0.1, 0.15) is 19.4 Å². The number of nitrogens with one attached hydrogen (secondary N) is 1. The average molecular weight is 337 g/mol. The molecule has 6 nitrogen and oxygen atoms in total. The number of pyridine rings is 1. The van der Waals surface area contributed by atoms with Gasteiger partial charge >= 0.3 is 0 Å². The van der Waals surface area contributed by atoms with Gasteiger partial charge in [0.05, 0.1) is 25.9 Å². The van der Waals surface area contributed by atoms with Crippen LogP contribution in [0.15, 0.2) is 30.6 Å². The van der Waals surface area contributed by atoms with E-state index in [1.165, 1.54) is 0 Å². The maximum absolute atomic E-state index is 5.42. The Kier molecular flexibility index (Phi) is 4.70. The van der Waals surface area contributed by atoms with Crippen molar-refractivity contribution in [2.75, 3.05) is 19.5 Å². The molecule has 3 rings (SSSR count). The first-order chi connectivity index (χ1) is 12.0. The molecule has 0 spiro atoms. The minimum atomic E-state index is 0.331. The molecule has 0 unspecified atom stereocenters. The minimum absolute atomic E-state index is 0.331. The molecular weight excluding hydrogens is 315 g/mol. The summed E-state index contributed by atoms with van der Waals surface area (Å²) < 4.78 is 10.8. The van der Waals surface area contributed by atoms with Gasteiger partial charge in [-0.05, 0) is 38.5 Å². The van der Waals surface area contributed by atoms with Crippen LogP contribution in [-0.4, -0.2) is 35.4 Å². The summed E-state index contributed by atoms with van der Waals surface area (Å²) in [7, 11) is 3.23. The molecule has 1 aromatic carbocycles. The fourth-order valence-corrected chi connectivity index (χ4v) is 2.76. The topological polar surface area (TPSA) is 69.2 Å². The van der Waals surface area contributed by atoms with Crippen molar-refractivity contribution in [1.82, 2.24) is 15.2 Å². The lowest BCUT2D eigenvalue weighted by Crippen LogP contribution is -2.12. The fraction of sp³-hybridized carbons (Fsp3) is 0.316. The second-order valence-corrected chi connectivity index (χ2v) is 6.17. The molecule has 0 bridgehead atoms. The van der Waals surface area contributed by atoms with Crippen LogP contribution in [-0.2, 0) is 0 Å². The summed E-state index contributed by atoms with van der Waals surface area (Å²) >= 11 is 0. The third kappa shape index (κ3) is 3.33. The van der Waals surface area contributed by atoms with Gasteiger partial charge in [-0.3, -0.25) is 0 Å². The largest absolute Gasteiger partial charge is 0.493 e. The molecule has 6 heteroatoms. The zero-order chi connectivity index (χ0) is 18.0. The quantitative estimate of drug-likeness (QED) is 0.763. The van der Waals surface area contributed by atoms with E-state index in [4.69, 9.17) is 9.47 Å². The molecule has 0 radical (unpaired) electrons. The summed E-state index contributed by atoms with van der Waals surface area (Å²) in [6.07, 6.45) is 3.60. The maximum atomic E-state index is 5.42. The Bertz CT molecular complexity index is 909. The van der Waals surface area contributed by atoms with E-state index in [-0.39, 0.29) is 0 Å². The SMILES string of the molecule is COc1cc2nncc(-c3cnc(NC(C)C)c(C)c3)c2cc1O[11CH3]. The summed E-state index contributed by atoms with van der Waals surface area (Å²) in [6, 6.07) is 6.19. The van der Waals surface area contributed by atoms with Crippen molar-refractivity contribution in [2.24, 2.45) is 0 Å². The van der Waals surface area contributed by atoms with Crippen LogP contribution >= 0.6 is 0 Å². The van der Waals surface area contributed by atoms with Crippen molar-refractivity contribution in [1.29, 1.82) is 0 Å². The molecule has 1 N–H and O–H groups in total. The molecular formula is C19H22N4O2. The Hall–Kier alpha value is -2.89. The van der Waals surface area contributed by atoms with Crippen LogP contribution in [0.25, 0.3) is 22.0 Å². The second kappa shape index (κ2) is 6.93. The van der Waals surface area contributed by atoms with E-state index < -0.39 is 0 Å². The van der Waals surface area contributed by atoms with Gasteiger partial charge < -0.3 is 14.8 Å². The summed E-state index contributed by atoms with van der Waals surface area (Å²) in [6.45, 7) is 6.23. The van der Waals surface area contributed by atoms with Gasteiger partial charge in [0.1, 0.15) is 5.82 Å². The van der Waals surface area contributed by atoms with E-state index in [1.807, 2.05) is 25.3 Å². The summed E-state index contributed by atoms with van der Waals surface area (Å²) in [5.41, 5.74) is 3.77. The molecule has 130 valence electrons. The van der Waals surface area contributed by atoms with E-state index >= 15 is 0 Å². The van der Waals surface area contributed by atoms with Gasteiger partial charge in [-0.25, -0.2) is 4.98 Å². The molecule has 25 heavy (non-hydrogen) atoms. The first kappa shape index (κ1) is 17.0. The zero-order valence-corrected chi connectivity index (χ0v) is 15.1. The Morgan fingerprint density at radius 1 is 1.00 bits per heavy atom. The average Bonchev–Trinajstić information content (AvgIpc) is 2.61. The maximum Gasteiger partial charge on any atom is 0.162 e. The number of anilines is 1. The number of nitrogens with zero attached hydrogens (tertiary/aromatic N) is 3. The van der Waals surface area contributed by atoms with Crippen LogP contribution in [0.3, 0.4) is 0 Å². The van der Waals surface area contributed by atoms with Crippen molar-refractivity contribution in [3.8, 4) is 22.6 Å². The van der Waals surface area contributed by atoms with Gasteiger partial charge in [-0.2, -0.15) is 10.2 Å². The monoisotopic (exact) mass is 337 g/mol. The van der Waals surface area contributed by atoms with Crippen LogP contribution in [0, 0.1) is 6.92 Å². The molecule has 0 atom stereocenters. The highest BCUT2D eigenvalue weighted by atomic mass is 16.5. The molecule has 0 saturated heterocycles. The van der Waals surface area contributed by atoms with Crippen LogP contribution in [0.2, 0.25) is 0 Å². The lowest BCUT2D eigenvalue weighted by atomic mass is 10.0. The van der Waals surface area contributed by atoms with E-state index in [2.05, 4.69) is 40.4 Å². The van der Waals surface area contributed by atoms with Gasteiger partial charge in [-0.1, -0.05) is 0 Å². The third-order valence-corrected chi connectivity index (χ3v) is 3.96. The van der Waals surface area contributed by atoms with E-state index in [0.717, 1.165) is 33.4 Å². The summed E-state index contributed by atoms with van der Waals surface area (Å²) in [5, 5.41) is 12.6. The van der Waals surface area contributed by atoms with Crippen LogP contribution < -0.4 is 14.8 Å². The highest BCUT2D eigenvalue weighted by Gasteiger charge is 2.13. The number of aryl methyl sites for hydroxylation is 1. The molecule has 0 amide bonds. The smallest absolute Gasteiger partial charge is 0.162 e. The zero-order valence-electron chi connectivity index (χ0n) is 15.1. The highest BCUT2D eigenvalue weighted by molar-refractivity contribution is 5.95. The number of benzene rings is 1. The number of rotatable bonds is 5. The number of ether oxygens (including phenoxy) is 2. The minimum Gasteiger partial charge on any atom is -0.493 e. The van der Waals surface area contributed by atoms with Crippen molar-refractivity contribution in [3.63, 3.8) is 0 Å². The van der Waals surface area contributed by atoms with Gasteiger partial charge in [-0.15, -0.1) is 0 Å². The number of methoxy groups -OCH3 is 2. The van der Waals surface area contributed by atoms with Gasteiger partial charge in [0.2, 0.25) is 0 Å². The highest BCUT2D eigenvalue weighted by Crippen LogP contribution is 2.36. The van der Waals surface area contributed by atoms with E-state index in [9.17, 15) is 0 Å². The molecule has 0 aliphatic rings. The normalized spacial score (nSPS) is 11.0. The van der Waals surface area contributed by atoms with Gasteiger partial charge in [0.15, 0.2) is 11.5 Å². The Morgan fingerprint density at radius 3 is 2.36 bits per heavy atom. The van der Waals surface area contributed by atoms with Crippen molar-refractivity contribution >= 4 is 16.7 Å². The Balaban J connectivity index is 2.14. The number of hydrogen-bond donors (Lipinski definition) is 1. The van der Waals surface area contributed by atoms with Crippen molar-refractivity contribution in [2.45, 2.75) is 26.8 Å². The first-order valence-corrected chi connectivity index (χ1v) is 8.14. The Morgan fingerprint density at radius 2 is 1.72 bits per heavy atom. The number of aromatic nitrogens is 3. The van der Waals surface area contributed by atoms with Gasteiger partial charge in [0, 0.05) is 34.8 Å². The molecule has 3 aromatic rings. The van der Waals surface area contributed by atoms with E-state index in [0.29, 0.717) is 17.5 Å². The molecule has 0 saturated carbocycles. The van der Waals surface area contributed by atoms with Crippen LogP contribution in [0.4, 0.5) is 5.82 Å². The molecule has 0 fully saturated rings. The predicted octanol–water partition coefficient (Wildman–Crippen LogP) is 3.84.